The molecule has 0 aliphatic heterocycles. The van der Waals surface area contributed by atoms with E-state index in [1.54, 1.807) is 0 Å². The molecule has 16 heavy (non-hydrogen) atoms. The summed E-state index contributed by atoms with van der Waals surface area (Å²) >= 11 is 0. The average Bonchev–Trinajstić information content (AvgIpc) is 2.13. The third kappa shape index (κ3) is 4.42. The Hall–Kier alpha value is -0.720. The van der Waals surface area contributed by atoms with Crippen LogP contribution in [0, 0.1) is 10.6 Å². The lowest BCUT2D eigenvalue weighted by Gasteiger charge is -2.28. The zero-order chi connectivity index (χ0) is 12.2. The minimum Gasteiger partial charge on any atom is -0.592 e. The Morgan fingerprint density at radius 1 is 1.56 bits per heavy atom. The van der Waals surface area contributed by atoms with Gasteiger partial charge in [-0.2, -0.15) is 0 Å². The third-order valence-corrected chi connectivity index (χ3v) is 2.62. The van der Waals surface area contributed by atoms with Gasteiger partial charge in [-0.05, 0) is 19.8 Å². The molecule has 1 aliphatic rings. The molecule has 5 N–H and O–H groups in total. The molecule has 0 aromatic carbocycles. The first-order valence-electron chi connectivity index (χ1n) is 5.56. The van der Waals surface area contributed by atoms with Gasteiger partial charge >= 0.3 is 0 Å². The van der Waals surface area contributed by atoms with Gasteiger partial charge in [0.2, 0.25) is 0 Å². The fourth-order valence-corrected chi connectivity index (χ4v) is 2.09. The Kier molecular flexibility index (Phi) is 4.64. The monoisotopic (exact) mass is 226 g/mol. The maximum atomic E-state index is 11.1. The topological polar surface area (TPSA) is 77.6 Å². The number of nitrogens with one attached hydrogen (secondary N) is 3. The van der Waals surface area contributed by atoms with Crippen LogP contribution in [0.4, 0.5) is 0 Å². The summed E-state index contributed by atoms with van der Waals surface area (Å²) in [5.41, 5.74) is 6.30. The van der Waals surface area contributed by atoms with Gasteiger partial charge in [-0.25, -0.2) is 11.1 Å². The van der Waals surface area contributed by atoms with Gasteiger partial charge in [0.15, 0.2) is 0 Å². The number of hydrogen-bond donors (Lipinski definition) is 4. The van der Waals surface area contributed by atoms with Crippen LogP contribution in [0.5, 0.6) is 0 Å². The van der Waals surface area contributed by atoms with Crippen molar-refractivity contribution in [2.75, 3.05) is 0 Å². The molecular weight excluding hydrogens is 204 g/mol. The maximum Gasteiger partial charge on any atom is 0.0651 e. The second-order valence-electron chi connectivity index (χ2n) is 4.97. The molecule has 1 aliphatic carbocycles. The van der Waals surface area contributed by atoms with E-state index in [2.05, 4.69) is 50.0 Å². The van der Waals surface area contributed by atoms with E-state index in [9.17, 15) is 5.21 Å². The summed E-state index contributed by atoms with van der Waals surface area (Å²) in [5, 5.41) is 10.8. The smallest absolute Gasteiger partial charge is 0.0651 e. The second-order valence-corrected chi connectivity index (χ2v) is 4.97. The van der Waals surface area contributed by atoms with E-state index in [4.69, 9.17) is 5.84 Å². The van der Waals surface area contributed by atoms with Crippen LogP contribution in [-0.4, -0.2) is 6.04 Å². The molecule has 0 heterocycles. The van der Waals surface area contributed by atoms with Gasteiger partial charge in [0.05, 0.1) is 6.04 Å². The van der Waals surface area contributed by atoms with Gasteiger partial charge in [0.1, 0.15) is 0 Å². The van der Waals surface area contributed by atoms with Crippen LogP contribution in [0.15, 0.2) is 23.8 Å². The lowest BCUT2D eigenvalue weighted by atomic mass is 9.86. The van der Waals surface area contributed by atoms with Crippen LogP contribution < -0.4 is 22.1 Å². The SMILES string of the molecule is CC1=CC(C)(C)C=CCC(N[NH+]([O-])NN)C1. The zero-order valence-electron chi connectivity index (χ0n) is 10.2. The zero-order valence-corrected chi connectivity index (χ0v) is 10.2. The van der Waals surface area contributed by atoms with Gasteiger partial charge in [-0.1, -0.05) is 43.2 Å². The van der Waals surface area contributed by atoms with Gasteiger partial charge in [-0.3, -0.25) is 0 Å². The summed E-state index contributed by atoms with van der Waals surface area (Å²) in [4.78, 5) is 0. The third-order valence-electron chi connectivity index (χ3n) is 2.62. The molecule has 2 unspecified atom stereocenters. The molecule has 0 spiro atoms. The predicted octanol–water partition coefficient (Wildman–Crippen LogP) is -0.0569. The highest BCUT2D eigenvalue weighted by atomic mass is 16.6. The van der Waals surface area contributed by atoms with Crippen molar-refractivity contribution in [2.24, 2.45) is 11.3 Å². The summed E-state index contributed by atoms with van der Waals surface area (Å²) in [6, 6.07) is 0.118. The van der Waals surface area contributed by atoms with Crippen LogP contribution in [0.2, 0.25) is 0 Å². The summed E-state index contributed by atoms with van der Waals surface area (Å²) < 4.78 is 0. The minimum absolute atomic E-state index is 0.102. The van der Waals surface area contributed by atoms with Crippen LogP contribution in [0.1, 0.15) is 33.6 Å². The molecule has 2 atom stereocenters. The molecule has 0 radical (unpaired) electrons. The molecule has 0 amide bonds. The highest BCUT2D eigenvalue weighted by Gasteiger charge is 2.17. The molecule has 0 aromatic heterocycles. The first-order valence-corrected chi connectivity index (χ1v) is 5.56. The van der Waals surface area contributed by atoms with Crippen LogP contribution in [-0.2, 0) is 0 Å². The number of hydrogen-bond acceptors (Lipinski definition) is 4. The fraction of sp³-hybridized carbons (Fsp3) is 0.636. The quantitative estimate of drug-likeness (QED) is 0.309. The predicted molar refractivity (Wildman–Crippen MR) is 64.5 cm³/mol. The van der Waals surface area contributed by atoms with Crippen LogP contribution >= 0.6 is 0 Å². The number of quaternary nitrogens is 1. The molecule has 1 rings (SSSR count). The van der Waals surface area contributed by atoms with Crippen molar-refractivity contribution in [3.63, 3.8) is 0 Å². The molecule has 0 saturated heterocycles. The number of allylic oxidation sites excluding steroid dienone is 2. The first kappa shape index (κ1) is 13.3. The van der Waals surface area contributed by atoms with Gasteiger partial charge < -0.3 is 5.21 Å². The Balaban J connectivity index is 2.64. The van der Waals surface area contributed by atoms with E-state index in [-0.39, 0.29) is 16.7 Å². The van der Waals surface area contributed by atoms with E-state index in [1.807, 2.05) is 0 Å². The van der Waals surface area contributed by atoms with E-state index in [1.165, 1.54) is 5.57 Å². The largest absolute Gasteiger partial charge is 0.592 e. The van der Waals surface area contributed by atoms with Crippen molar-refractivity contribution in [3.8, 4) is 0 Å². The van der Waals surface area contributed by atoms with Crippen molar-refractivity contribution < 1.29 is 5.28 Å². The summed E-state index contributed by atoms with van der Waals surface area (Å²) in [5.74, 6) is 5.04. The standard InChI is InChI=1S/C11H22N4O/c1-9-7-10(13-15(16)14-12)5-4-6-11(2,3)8-9/h4,6,8,10,13-15H,5,7,12H2,1-3H3. The Bertz CT molecular complexity index is 286. The summed E-state index contributed by atoms with van der Waals surface area (Å²) in [7, 11) is 0. The minimum atomic E-state index is -0.328. The van der Waals surface area contributed by atoms with Crippen molar-refractivity contribution in [1.29, 1.82) is 0 Å². The number of hydrazine groups is 1. The second kappa shape index (κ2) is 5.56. The molecule has 5 heteroatoms. The average molecular weight is 226 g/mol. The molecule has 92 valence electrons. The molecule has 5 nitrogen and oxygen atoms in total. The molecule has 0 saturated carbocycles. The summed E-state index contributed by atoms with van der Waals surface area (Å²) in [6.07, 6.45) is 8.22. The van der Waals surface area contributed by atoms with Gasteiger partial charge in [0.25, 0.3) is 0 Å². The summed E-state index contributed by atoms with van der Waals surface area (Å²) in [6.45, 7) is 6.44. The van der Waals surface area contributed by atoms with E-state index in [0.29, 0.717) is 0 Å². The maximum absolute atomic E-state index is 11.1. The van der Waals surface area contributed by atoms with E-state index >= 15 is 0 Å². The lowest BCUT2D eigenvalue weighted by molar-refractivity contribution is -0.946. The molecular formula is C11H22N4O. The number of nitrogens with two attached hydrogens (primary N) is 1. The lowest BCUT2D eigenvalue weighted by Crippen LogP contribution is -3.22. The van der Waals surface area contributed by atoms with Gasteiger partial charge in [-0.15, -0.1) is 5.43 Å². The fourth-order valence-electron chi connectivity index (χ4n) is 2.09. The van der Waals surface area contributed by atoms with Gasteiger partial charge in [0, 0.05) is 5.41 Å². The molecule has 0 bridgehead atoms. The van der Waals surface area contributed by atoms with E-state index in [0.717, 1.165) is 12.8 Å². The van der Waals surface area contributed by atoms with Crippen LogP contribution in [0.3, 0.4) is 0 Å². The van der Waals surface area contributed by atoms with Crippen molar-refractivity contribution in [3.05, 3.63) is 29.0 Å². The number of rotatable bonds is 3. The Morgan fingerprint density at radius 2 is 2.25 bits per heavy atom. The van der Waals surface area contributed by atoms with Crippen LogP contribution in [0.25, 0.3) is 0 Å². The van der Waals surface area contributed by atoms with Crippen molar-refractivity contribution in [2.45, 2.75) is 39.7 Å². The normalized spacial score (nSPS) is 26.8. The van der Waals surface area contributed by atoms with Crippen molar-refractivity contribution in [1.82, 2.24) is 11.0 Å². The Labute approximate surface area is 96.9 Å². The molecule has 0 fully saturated rings. The van der Waals surface area contributed by atoms with E-state index < -0.39 is 0 Å². The Morgan fingerprint density at radius 3 is 2.88 bits per heavy atom. The first-order chi connectivity index (χ1) is 7.43. The highest BCUT2D eigenvalue weighted by Crippen LogP contribution is 2.25. The highest BCUT2D eigenvalue weighted by molar-refractivity contribution is 5.16. The van der Waals surface area contributed by atoms with Crippen molar-refractivity contribution >= 4 is 0 Å². The molecule has 0 aromatic rings.